The Hall–Kier alpha value is -2.41. The zero-order valence-corrected chi connectivity index (χ0v) is 15.9. The second-order valence-electron chi connectivity index (χ2n) is 7.00. The maximum atomic E-state index is 13.2. The van der Waals surface area contributed by atoms with Crippen molar-refractivity contribution in [2.24, 2.45) is 4.40 Å². The minimum Gasteiger partial charge on any atom is -0.457 e. The van der Waals surface area contributed by atoms with Crippen molar-refractivity contribution in [2.45, 2.75) is 25.7 Å². The molecular formula is C20H21FN2O3S. The van der Waals surface area contributed by atoms with Crippen LogP contribution in [0.2, 0.25) is 0 Å². The van der Waals surface area contributed by atoms with E-state index in [1.54, 1.807) is 13.0 Å². The van der Waals surface area contributed by atoms with Gasteiger partial charge >= 0.3 is 0 Å². The summed E-state index contributed by atoms with van der Waals surface area (Å²) in [5, 5.41) is 0. The number of halogens is 1. The van der Waals surface area contributed by atoms with Crippen molar-refractivity contribution in [2.75, 3.05) is 18.8 Å². The van der Waals surface area contributed by atoms with E-state index in [0.717, 1.165) is 30.5 Å². The van der Waals surface area contributed by atoms with Crippen molar-refractivity contribution in [3.63, 3.8) is 0 Å². The van der Waals surface area contributed by atoms with Crippen LogP contribution in [-0.4, -0.2) is 38.0 Å². The third kappa shape index (κ3) is 3.83. The Morgan fingerprint density at radius 1 is 1.15 bits per heavy atom. The fourth-order valence-electron chi connectivity index (χ4n) is 3.65. The highest BCUT2D eigenvalue weighted by molar-refractivity contribution is 7.90. The van der Waals surface area contributed by atoms with Crippen molar-refractivity contribution in [3.8, 4) is 11.5 Å². The molecule has 0 aromatic heterocycles. The molecule has 1 saturated heterocycles. The van der Waals surface area contributed by atoms with Gasteiger partial charge < -0.3 is 9.64 Å². The molecule has 142 valence electrons. The summed E-state index contributed by atoms with van der Waals surface area (Å²) in [4.78, 5) is 2.08. The summed E-state index contributed by atoms with van der Waals surface area (Å²) >= 11 is 0. The Labute approximate surface area is 158 Å². The predicted molar refractivity (Wildman–Crippen MR) is 102 cm³/mol. The van der Waals surface area contributed by atoms with E-state index in [2.05, 4.69) is 9.30 Å². The maximum Gasteiger partial charge on any atom is 0.256 e. The normalized spacial score (nSPS) is 21.3. The van der Waals surface area contributed by atoms with Crippen molar-refractivity contribution >= 4 is 15.9 Å². The lowest BCUT2D eigenvalue weighted by Gasteiger charge is -2.37. The monoisotopic (exact) mass is 388 g/mol. The Kier molecular flexibility index (Phi) is 4.63. The number of nitrogens with zero attached hydrogens (tertiary/aromatic N) is 2. The molecule has 7 heteroatoms. The first-order valence-electron chi connectivity index (χ1n) is 9.03. The minimum atomic E-state index is -3.36. The Morgan fingerprint density at radius 3 is 2.67 bits per heavy atom. The van der Waals surface area contributed by atoms with E-state index in [9.17, 15) is 12.8 Å². The highest BCUT2D eigenvalue weighted by Crippen LogP contribution is 2.33. The number of hydrogen-bond acceptors (Lipinski definition) is 4. The van der Waals surface area contributed by atoms with Gasteiger partial charge in [-0.25, -0.2) is 12.8 Å². The van der Waals surface area contributed by atoms with Crippen LogP contribution in [0.15, 0.2) is 46.9 Å². The van der Waals surface area contributed by atoms with Gasteiger partial charge in [0.2, 0.25) is 0 Å². The molecule has 2 aromatic carbocycles. The van der Waals surface area contributed by atoms with Crippen LogP contribution < -0.4 is 4.74 Å². The molecule has 0 spiro atoms. The Bertz CT molecular complexity index is 987. The van der Waals surface area contributed by atoms with Crippen LogP contribution in [0.5, 0.6) is 11.5 Å². The lowest BCUT2D eigenvalue weighted by atomic mass is 9.89. The number of piperidine rings is 1. The first-order valence-corrected chi connectivity index (χ1v) is 10.6. The SMILES string of the molecule is Cc1cc(F)ccc1Oc1ccc(C2CCCN3CCS(=O)(=O)N=C23)cc1. The smallest absolute Gasteiger partial charge is 0.256 e. The van der Waals surface area contributed by atoms with Gasteiger partial charge in [0.25, 0.3) is 10.0 Å². The molecule has 0 amide bonds. The third-order valence-corrected chi connectivity index (χ3v) is 6.22. The second kappa shape index (κ2) is 6.96. The summed E-state index contributed by atoms with van der Waals surface area (Å²) in [6.45, 7) is 3.17. The van der Waals surface area contributed by atoms with Crippen LogP contribution in [-0.2, 0) is 10.0 Å². The molecule has 2 aliphatic rings. The minimum absolute atomic E-state index is 0.0181. The molecule has 2 heterocycles. The van der Waals surface area contributed by atoms with Gasteiger partial charge in [-0.05, 0) is 61.2 Å². The van der Waals surface area contributed by atoms with Crippen LogP contribution in [0.25, 0.3) is 0 Å². The van der Waals surface area contributed by atoms with Crippen LogP contribution >= 0.6 is 0 Å². The van der Waals surface area contributed by atoms with Gasteiger partial charge in [0.05, 0.1) is 5.75 Å². The van der Waals surface area contributed by atoms with E-state index in [-0.39, 0.29) is 17.5 Å². The average Bonchev–Trinajstić information content (AvgIpc) is 2.63. The fourth-order valence-corrected chi connectivity index (χ4v) is 4.72. The van der Waals surface area contributed by atoms with E-state index in [1.165, 1.54) is 12.1 Å². The Balaban J connectivity index is 1.57. The summed E-state index contributed by atoms with van der Waals surface area (Å²) in [6, 6.07) is 12.0. The molecule has 5 nitrogen and oxygen atoms in total. The molecule has 0 radical (unpaired) electrons. The Morgan fingerprint density at radius 2 is 1.93 bits per heavy atom. The molecule has 27 heavy (non-hydrogen) atoms. The maximum absolute atomic E-state index is 13.2. The molecule has 2 aliphatic heterocycles. The first kappa shape index (κ1) is 18.0. The standard InChI is InChI=1S/C20H21FN2O3S/c1-14-13-16(21)6-9-19(14)26-17-7-4-15(5-8-17)18-3-2-10-23-11-12-27(24,25)22-20(18)23/h4-9,13,18H,2-3,10-12H2,1H3. The van der Waals surface area contributed by atoms with Gasteiger partial charge in [0.1, 0.15) is 23.2 Å². The number of ether oxygens (including phenoxy) is 1. The van der Waals surface area contributed by atoms with Crippen LogP contribution in [0.4, 0.5) is 4.39 Å². The molecule has 0 bridgehead atoms. The van der Waals surface area contributed by atoms with Gasteiger partial charge in [-0.1, -0.05) is 12.1 Å². The molecule has 0 saturated carbocycles. The van der Waals surface area contributed by atoms with Crippen molar-refractivity contribution in [1.29, 1.82) is 0 Å². The predicted octanol–water partition coefficient (Wildman–Crippen LogP) is 3.85. The number of hydrogen-bond donors (Lipinski definition) is 0. The number of fused-ring (bicyclic) bond motifs is 1. The topological polar surface area (TPSA) is 59.0 Å². The lowest BCUT2D eigenvalue weighted by molar-refractivity contribution is 0.366. The van der Waals surface area contributed by atoms with Crippen LogP contribution in [0.3, 0.4) is 0 Å². The zero-order chi connectivity index (χ0) is 19.0. The highest BCUT2D eigenvalue weighted by atomic mass is 32.2. The van der Waals surface area contributed by atoms with Crippen molar-refractivity contribution in [3.05, 3.63) is 59.4 Å². The van der Waals surface area contributed by atoms with Gasteiger partial charge in [-0.15, -0.1) is 4.40 Å². The zero-order valence-electron chi connectivity index (χ0n) is 15.1. The van der Waals surface area contributed by atoms with Gasteiger partial charge in [-0.2, -0.15) is 0 Å². The lowest BCUT2D eigenvalue weighted by Crippen LogP contribution is -2.46. The molecule has 0 N–H and O–H groups in total. The molecule has 0 aliphatic carbocycles. The van der Waals surface area contributed by atoms with E-state index < -0.39 is 10.0 Å². The van der Waals surface area contributed by atoms with E-state index >= 15 is 0 Å². The van der Waals surface area contributed by atoms with Gasteiger partial charge in [-0.3, -0.25) is 0 Å². The molecule has 1 fully saturated rings. The van der Waals surface area contributed by atoms with Gasteiger partial charge in [0, 0.05) is 19.0 Å². The number of aryl methyl sites for hydroxylation is 1. The summed E-state index contributed by atoms with van der Waals surface area (Å²) < 4.78 is 47.0. The summed E-state index contributed by atoms with van der Waals surface area (Å²) in [5.41, 5.74) is 1.75. The number of benzene rings is 2. The third-order valence-electron chi connectivity index (χ3n) is 5.06. The molecule has 4 rings (SSSR count). The van der Waals surface area contributed by atoms with E-state index in [0.29, 0.717) is 23.9 Å². The quantitative estimate of drug-likeness (QED) is 0.801. The molecule has 1 atom stereocenters. The average molecular weight is 388 g/mol. The molecular weight excluding hydrogens is 367 g/mol. The molecule has 2 aromatic rings. The van der Waals surface area contributed by atoms with Crippen LogP contribution in [0.1, 0.15) is 29.9 Å². The fraction of sp³-hybridized carbons (Fsp3) is 0.350. The van der Waals surface area contributed by atoms with Crippen molar-refractivity contribution < 1.29 is 17.5 Å². The second-order valence-corrected chi connectivity index (χ2v) is 8.75. The molecule has 1 unspecified atom stereocenters. The van der Waals surface area contributed by atoms with E-state index in [4.69, 9.17) is 4.74 Å². The number of rotatable bonds is 3. The van der Waals surface area contributed by atoms with Crippen molar-refractivity contribution in [1.82, 2.24) is 4.90 Å². The largest absolute Gasteiger partial charge is 0.457 e. The number of amidine groups is 1. The van der Waals surface area contributed by atoms with E-state index in [1.807, 2.05) is 24.3 Å². The van der Waals surface area contributed by atoms with Crippen LogP contribution in [0, 0.1) is 12.7 Å². The van der Waals surface area contributed by atoms with Gasteiger partial charge in [0.15, 0.2) is 0 Å². The summed E-state index contributed by atoms with van der Waals surface area (Å²) in [7, 11) is -3.36. The summed E-state index contributed by atoms with van der Waals surface area (Å²) in [6.07, 6.45) is 1.89. The first-order chi connectivity index (χ1) is 12.9. The highest BCUT2D eigenvalue weighted by Gasteiger charge is 2.33. The summed E-state index contributed by atoms with van der Waals surface area (Å²) in [5.74, 6) is 1.70. The number of sulfonamides is 1.